The topological polar surface area (TPSA) is 92.4 Å². The fourth-order valence-electron chi connectivity index (χ4n) is 4.82. The van der Waals surface area contributed by atoms with Crippen molar-refractivity contribution in [2.24, 2.45) is 28.4 Å². The number of pyridine rings is 1. The SMILES string of the molecule is CC1(C)C[C@@H]1C(=O)N1CC2(C1)CN(c1nccc3ncsc13)CC2C(N)=O. The van der Waals surface area contributed by atoms with Crippen LogP contribution in [0, 0.1) is 22.7 Å². The molecule has 4 heterocycles. The van der Waals surface area contributed by atoms with Crippen LogP contribution in [-0.4, -0.2) is 52.9 Å². The molecule has 1 aliphatic carbocycles. The van der Waals surface area contributed by atoms with Crippen LogP contribution >= 0.6 is 11.3 Å². The van der Waals surface area contributed by atoms with Crippen molar-refractivity contribution >= 4 is 39.2 Å². The molecule has 8 heteroatoms. The molecule has 3 aliphatic rings. The summed E-state index contributed by atoms with van der Waals surface area (Å²) in [5.41, 5.74) is 8.35. The maximum atomic E-state index is 12.7. The van der Waals surface area contributed by atoms with Gasteiger partial charge in [0, 0.05) is 43.7 Å². The van der Waals surface area contributed by atoms with E-state index in [9.17, 15) is 9.59 Å². The number of aromatic nitrogens is 2. The van der Waals surface area contributed by atoms with E-state index in [1.165, 1.54) is 0 Å². The Kier molecular flexibility index (Phi) is 3.39. The molecule has 142 valence electrons. The quantitative estimate of drug-likeness (QED) is 0.864. The lowest BCUT2D eigenvalue weighted by atomic mass is 9.71. The van der Waals surface area contributed by atoms with Gasteiger partial charge in [-0.25, -0.2) is 9.97 Å². The minimum Gasteiger partial charge on any atom is -0.369 e. The number of rotatable bonds is 3. The zero-order chi connectivity index (χ0) is 19.0. The van der Waals surface area contributed by atoms with E-state index in [1.807, 2.05) is 16.5 Å². The summed E-state index contributed by atoms with van der Waals surface area (Å²) < 4.78 is 1.03. The van der Waals surface area contributed by atoms with Gasteiger partial charge in [-0.2, -0.15) is 0 Å². The average molecular weight is 385 g/mol. The van der Waals surface area contributed by atoms with Crippen molar-refractivity contribution in [1.82, 2.24) is 14.9 Å². The van der Waals surface area contributed by atoms with Gasteiger partial charge in [-0.15, -0.1) is 11.3 Å². The molecule has 7 nitrogen and oxygen atoms in total. The number of thiazole rings is 1. The van der Waals surface area contributed by atoms with E-state index >= 15 is 0 Å². The Morgan fingerprint density at radius 2 is 1.96 bits per heavy atom. The monoisotopic (exact) mass is 385 g/mol. The van der Waals surface area contributed by atoms with Gasteiger partial charge in [-0.05, 0) is 17.9 Å². The van der Waals surface area contributed by atoms with E-state index in [1.54, 1.807) is 17.5 Å². The Morgan fingerprint density at radius 3 is 2.63 bits per heavy atom. The Balaban J connectivity index is 1.38. The smallest absolute Gasteiger partial charge is 0.226 e. The van der Waals surface area contributed by atoms with E-state index in [-0.39, 0.29) is 34.5 Å². The highest BCUT2D eigenvalue weighted by Crippen LogP contribution is 2.54. The van der Waals surface area contributed by atoms with Crippen molar-refractivity contribution in [3.63, 3.8) is 0 Å². The third-order valence-electron chi connectivity index (χ3n) is 6.65. The number of amides is 2. The lowest BCUT2D eigenvalue weighted by molar-refractivity contribution is -0.150. The van der Waals surface area contributed by atoms with Gasteiger partial charge in [0.15, 0.2) is 0 Å². The van der Waals surface area contributed by atoms with Crippen molar-refractivity contribution in [3.05, 3.63) is 17.8 Å². The Morgan fingerprint density at radius 1 is 1.22 bits per heavy atom. The Hall–Kier alpha value is -2.22. The van der Waals surface area contributed by atoms with Crippen LogP contribution in [-0.2, 0) is 9.59 Å². The van der Waals surface area contributed by atoms with E-state index < -0.39 is 0 Å². The van der Waals surface area contributed by atoms with Crippen molar-refractivity contribution < 1.29 is 9.59 Å². The summed E-state index contributed by atoms with van der Waals surface area (Å²) in [6.45, 7) is 6.74. The van der Waals surface area contributed by atoms with E-state index in [2.05, 4.69) is 28.7 Å². The first kappa shape index (κ1) is 16.9. The lowest BCUT2D eigenvalue weighted by Crippen LogP contribution is -2.64. The number of nitrogens with two attached hydrogens (primary N) is 1. The molecule has 2 aromatic rings. The molecular formula is C19H23N5O2S. The van der Waals surface area contributed by atoms with Gasteiger partial charge >= 0.3 is 0 Å². The number of carbonyl (C=O) groups excluding carboxylic acids is 2. The van der Waals surface area contributed by atoms with E-state index in [0.717, 1.165) is 22.5 Å². The fraction of sp³-hybridized carbons (Fsp3) is 0.579. The van der Waals surface area contributed by atoms with Crippen molar-refractivity contribution in [3.8, 4) is 0 Å². The van der Waals surface area contributed by atoms with Gasteiger partial charge in [0.1, 0.15) is 5.82 Å². The molecule has 3 fully saturated rings. The van der Waals surface area contributed by atoms with Crippen LogP contribution in [0.25, 0.3) is 10.2 Å². The van der Waals surface area contributed by atoms with Gasteiger partial charge in [-0.3, -0.25) is 9.59 Å². The van der Waals surface area contributed by atoms with Crippen molar-refractivity contribution in [2.75, 3.05) is 31.1 Å². The second-order valence-corrected chi connectivity index (χ2v) is 9.83. The second kappa shape index (κ2) is 5.41. The number of hydrogen-bond donors (Lipinski definition) is 1. The molecule has 0 radical (unpaired) electrons. The normalized spacial score (nSPS) is 27.8. The number of primary amides is 1. The highest BCUT2D eigenvalue weighted by molar-refractivity contribution is 7.17. The zero-order valence-electron chi connectivity index (χ0n) is 15.5. The highest BCUT2D eigenvalue weighted by atomic mass is 32.1. The molecule has 1 saturated carbocycles. The summed E-state index contributed by atoms with van der Waals surface area (Å²) in [4.78, 5) is 37.9. The summed E-state index contributed by atoms with van der Waals surface area (Å²) in [6.07, 6.45) is 2.71. The molecule has 0 aromatic carbocycles. The predicted molar refractivity (Wildman–Crippen MR) is 103 cm³/mol. The van der Waals surface area contributed by atoms with Gasteiger partial charge in [0.25, 0.3) is 0 Å². The van der Waals surface area contributed by atoms with Gasteiger partial charge in [0.05, 0.1) is 21.6 Å². The van der Waals surface area contributed by atoms with Crippen LogP contribution < -0.4 is 10.6 Å². The van der Waals surface area contributed by atoms with Crippen molar-refractivity contribution in [1.29, 1.82) is 0 Å². The number of carbonyl (C=O) groups is 2. The zero-order valence-corrected chi connectivity index (χ0v) is 16.3. The molecule has 5 rings (SSSR count). The molecule has 27 heavy (non-hydrogen) atoms. The predicted octanol–water partition coefficient (Wildman–Crippen LogP) is 1.49. The summed E-state index contributed by atoms with van der Waals surface area (Å²) >= 11 is 1.56. The standard InChI is InChI=1S/C19H23N5O2S/c1-18(2)5-11(18)17(26)24-8-19(9-24)7-23(6-12(19)15(20)25)16-14-13(3-4-21-16)22-10-27-14/h3-4,10-12H,5-9H2,1-2H3,(H2,20,25)/t11-,12?/m1/s1. The van der Waals surface area contributed by atoms with Crippen LogP contribution in [0.5, 0.6) is 0 Å². The number of likely N-dealkylation sites (tertiary alicyclic amines) is 1. The number of hydrogen-bond acceptors (Lipinski definition) is 6. The van der Waals surface area contributed by atoms with Crippen LogP contribution in [0.2, 0.25) is 0 Å². The van der Waals surface area contributed by atoms with E-state index in [0.29, 0.717) is 26.2 Å². The van der Waals surface area contributed by atoms with E-state index in [4.69, 9.17) is 5.73 Å². The van der Waals surface area contributed by atoms with Crippen LogP contribution in [0.3, 0.4) is 0 Å². The van der Waals surface area contributed by atoms with Crippen LogP contribution in [0.4, 0.5) is 5.82 Å². The maximum absolute atomic E-state index is 12.7. The van der Waals surface area contributed by atoms with Gasteiger partial charge in [-0.1, -0.05) is 13.8 Å². The summed E-state index contributed by atoms with van der Waals surface area (Å²) in [7, 11) is 0. The maximum Gasteiger partial charge on any atom is 0.226 e. The third kappa shape index (κ3) is 2.46. The first-order valence-corrected chi connectivity index (χ1v) is 10.2. The highest BCUT2D eigenvalue weighted by Gasteiger charge is 2.61. The van der Waals surface area contributed by atoms with Crippen molar-refractivity contribution in [2.45, 2.75) is 20.3 Å². The molecule has 2 amide bonds. The molecule has 2 aromatic heterocycles. The minimum absolute atomic E-state index is 0.121. The minimum atomic E-state index is -0.284. The first-order valence-electron chi connectivity index (χ1n) is 9.32. The molecule has 2 aliphatic heterocycles. The molecule has 2 atom stereocenters. The van der Waals surface area contributed by atoms with Crippen LogP contribution in [0.15, 0.2) is 17.8 Å². The molecule has 0 bridgehead atoms. The first-order chi connectivity index (χ1) is 12.8. The molecular weight excluding hydrogens is 362 g/mol. The summed E-state index contributed by atoms with van der Waals surface area (Å²) in [6, 6.07) is 1.90. The Labute approximate surface area is 161 Å². The molecule has 1 spiro atoms. The fourth-order valence-corrected chi connectivity index (χ4v) is 5.62. The molecule has 2 saturated heterocycles. The van der Waals surface area contributed by atoms with Gasteiger partial charge < -0.3 is 15.5 Å². The number of fused-ring (bicyclic) bond motifs is 1. The third-order valence-corrected chi connectivity index (χ3v) is 7.49. The molecule has 1 unspecified atom stereocenters. The average Bonchev–Trinajstić information content (AvgIpc) is 2.98. The lowest BCUT2D eigenvalue weighted by Gasteiger charge is -2.50. The van der Waals surface area contributed by atoms with Gasteiger partial charge in [0.2, 0.25) is 11.8 Å². The largest absolute Gasteiger partial charge is 0.369 e. The molecule has 2 N–H and O–H groups in total. The second-order valence-electron chi connectivity index (χ2n) is 8.97. The summed E-state index contributed by atoms with van der Waals surface area (Å²) in [5, 5.41) is 0. The van der Waals surface area contributed by atoms with Crippen LogP contribution in [0.1, 0.15) is 20.3 Å². The Bertz CT molecular complexity index is 948. The summed E-state index contributed by atoms with van der Waals surface area (Å²) in [5.74, 6) is 0.680. The number of anilines is 1. The number of nitrogens with zero attached hydrogens (tertiary/aromatic N) is 4.